The number of halogens is 1. The Labute approximate surface area is 87.9 Å². The van der Waals surface area contributed by atoms with Gasteiger partial charge in [-0.2, -0.15) is 5.10 Å². The average Bonchev–Trinajstić information content (AvgIpc) is 2.32. The van der Waals surface area contributed by atoms with Gasteiger partial charge in [0.15, 0.2) is 0 Å². The fraction of sp³-hybridized carbons (Fsp3) is 0.500. The number of aryl methyl sites for hydroxylation is 1. The number of hydrogen-bond donors (Lipinski definition) is 1. The van der Waals surface area contributed by atoms with Crippen LogP contribution in [0, 0.1) is 6.92 Å². The maximum absolute atomic E-state index is 5.87. The maximum atomic E-state index is 5.87. The quantitative estimate of drug-likeness (QED) is 0.789. The van der Waals surface area contributed by atoms with Crippen LogP contribution in [0.5, 0.6) is 0 Å². The van der Waals surface area contributed by atoms with Crippen LogP contribution in [0.25, 0.3) is 0 Å². The zero-order valence-corrected chi connectivity index (χ0v) is 9.19. The van der Waals surface area contributed by atoms with E-state index < -0.39 is 0 Å². The first-order valence-electron chi connectivity index (χ1n) is 4.06. The molecule has 1 unspecified atom stereocenters. The molecule has 0 bridgehead atoms. The van der Waals surface area contributed by atoms with Crippen LogP contribution in [0.15, 0.2) is 6.20 Å². The van der Waals surface area contributed by atoms with Crippen molar-refractivity contribution in [3.05, 3.63) is 16.9 Å². The van der Waals surface area contributed by atoms with Gasteiger partial charge < -0.3 is 5.73 Å². The van der Waals surface area contributed by atoms with Gasteiger partial charge in [-0.15, -0.1) is 0 Å². The van der Waals surface area contributed by atoms with Crippen LogP contribution in [0.4, 0.5) is 0 Å². The van der Waals surface area contributed by atoms with Crippen molar-refractivity contribution < 1.29 is 0 Å². The predicted octanol–water partition coefficient (Wildman–Crippen LogP) is 2.08. The molecule has 0 aliphatic rings. The zero-order chi connectivity index (χ0) is 10.0. The van der Waals surface area contributed by atoms with Crippen LogP contribution in [0.2, 0.25) is 5.02 Å². The normalized spacial score (nSPS) is 12.8. The Morgan fingerprint density at radius 3 is 2.77 bits per heavy atom. The fourth-order valence-corrected chi connectivity index (χ4v) is 1.55. The van der Waals surface area contributed by atoms with Gasteiger partial charge in [-0.25, -0.2) is 0 Å². The van der Waals surface area contributed by atoms with Crippen LogP contribution in [0.1, 0.15) is 25.1 Å². The third-order valence-electron chi connectivity index (χ3n) is 1.89. The van der Waals surface area contributed by atoms with Crippen LogP contribution >= 0.6 is 23.8 Å². The number of nitrogens with two attached hydrogens (primary N) is 1. The second-order valence-electron chi connectivity index (χ2n) is 2.87. The topological polar surface area (TPSA) is 43.8 Å². The van der Waals surface area contributed by atoms with Gasteiger partial charge in [0.1, 0.15) is 6.04 Å². The number of thiocarbonyl (C=S) groups is 1. The first-order chi connectivity index (χ1) is 6.06. The molecule has 0 aliphatic heterocycles. The summed E-state index contributed by atoms with van der Waals surface area (Å²) in [5, 5.41) is 4.87. The Bertz CT molecular complexity index is 302. The lowest BCUT2D eigenvalue weighted by Gasteiger charge is -2.12. The van der Waals surface area contributed by atoms with Crippen molar-refractivity contribution >= 4 is 28.8 Å². The summed E-state index contributed by atoms with van der Waals surface area (Å²) in [6.45, 7) is 3.86. The van der Waals surface area contributed by atoms with Crippen molar-refractivity contribution in [2.24, 2.45) is 5.73 Å². The summed E-state index contributed by atoms with van der Waals surface area (Å²) in [7, 11) is 0. The van der Waals surface area contributed by atoms with E-state index in [0.717, 1.165) is 12.1 Å². The molecule has 0 amide bonds. The molecule has 0 fully saturated rings. The van der Waals surface area contributed by atoms with Crippen molar-refractivity contribution in [3.63, 3.8) is 0 Å². The van der Waals surface area contributed by atoms with Crippen LogP contribution in [-0.2, 0) is 0 Å². The minimum Gasteiger partial charge on any atom is -0.392 e. The molecular formula is C8H12ClN3S. The highest BCUT2D eigenvalue weighted by atomic mass is 35.5. The Hall–Kier alpha value is -0.610. The van der Waals surface area contributed by atoms with Crippen molar-refractivity contribution in [3.8, 4) is 0 Å². The lowest BCUT2D eigenvalue weighted by molar-refractivity contribution is 0.550. The predicted molar refractivity (Wildman–Crippen MR) is 58.1 cm³/mol. The van der Waals surface area contributed by atoms with Gasteiger partial charge in [0.25, 0.3) is 0 Å². The summed E-state index contributed by atoms with van der Waals surface area (Å²) >= 11 is 10.8. The molecule has 0 radical (unpaired) electrons. The van der Waals surface area contributed by atoms with E-state index >= 15 is 0 Å². The van der Waals surface area contributed by atoms with E-state index in [1.54, 1.807) is 10.9 Å². The monoisotopic (exact) mass is 217 g/mol. The molecule has 72 valence electrons. The summed E-state index contributed by atoms with van der Waals surface area (Å²) in [6.07, 6.45) is 2.58. The fourth-order valence-electron chi connectivity index (χ4n) is 1.14. The molecule has 1 aromatic heterocycles. The highest BCUT2D eigenvalue weighted by Gasteiger charge is 2.13. The van der Waals surface area contributed by atoms with Gasteiger partial charge >= 0.3 is 0 Å². The molecule has 13 heavy (non-hydrogen) atoms. The van der Waals surface area contributed by atoms with E-state index in [2.05, 4.69) is 5.10 Å². The molecule has 1 rings (SSSR count). The number of rotatable bonds is 3. The van der Waals surface area contributed by atoms with Crippen molar-refractivity contribution in [1.29, 1.82) is 0 Å². The molecule has 0 aliphatic carbocycles. The Morgan fingerprint density at radius 1 is 1.85 bits per heavy atom. The molecule has 1 aromatic rings. The van der Waals surface area contributed by atoms with Gasteiger partial charge in [0.2, 0.25) is 0 Å². The zero-order valence-electron chi connectivity index (χ0n) is 7.62. The van der Waals surface area contributed by atoms with E-state index in [-0.39, 0.29) is 6.04 Å². The highest BCUT2D eigenvalue weighted by Crippen LogP contribution is 2.17. The summed E-state index contributed by atoms with van der Waals surface area (Å²) in [5.41, 5.74) is 6.37. The lowest BCUT2D eigenvalue weighted by Crippen LogP contribution is -2.24. The number of nitrogens with zero attached hydrogens (tertiary/aromatic N) is 2. The van der Waals surface area contributed by atoms with E-state index in [4.69, 9.17) is 29.6 Å². The van der Waals surface area contributed by atoms with Gasteiger partial charge in [-0.3, -0.25) is 4.68 Å². The smallest absolute Gasteiger partial charge is 0.101 e. The minimum atomic E-state index is -0.0267. The minimum absolute atomic E-state index is 0.0267. The summed E-state index contributed by atoms with van der Waals surface area (Å²) in [6, 6.07) is -0.0267. The molecule has 1 heterocycles. The lowest BCUT2D eigenvalue weighted by atomic mass is 10.2. The Morgan fingerprint density at radius 2 is 2.46 bits per heavy atom. The maximum Gasteiger partial charge on any atom is 0.101 e. The van der Waals surface area contributed by atoms with Gasteiger partial charge in [0.05, 0.1) is 15.7 Å². The summed E-state index contributed by atoms with van der Waals surface area (Å²) in [5.74, 6) is 0. The summed E-state index contributed by atoms with van der Waals surface area (Å²) in [4.78, 5) is 0.446. The molecule has 0 spiro atoms. The van der Waals surface area contributed by atoms with E-state index in [1.165, 1.54) is 0 Å². The van der Waals surface area contributed by atoms with Gasteiger partial charge in [-0.05, 0) is 13.3 Å². The second kappa shape index (κ2) is 4.07. The molecular weight excluding hydrogens is 206 g/mol. The Kier molecular flexibility index (Phi) is 3.27. The molecule has 0 saturated carbocycles. The molecule has 5 heteroatoms. The highest BCUT2D eigenvalue weighted by molar-refractivity contribution is 7.80. The van der Waals surface area contributed by atoms with E-state index in [1.807, 2.05) is 13.8 Å². The van der Waals surface area contributed by atoms with Crippen LogP contribution in [0.3, 0.4) is 0 Å². The first kappa shape index (κ1) is 10.5. The molecule has 0 aromatic carbocycles. The van der Waals surface area contributed by atoms with Gasteiger partial charge in [0, 0.05) is 6.20 Å². The van der Waals surface area contributed by atoms with Crippen LogP contribution < -0.4 is 5.73 Å². The molecule has 0 saturated heterocycles. The summed E-state index contributed by atoms with van der Waals surface area (Å²) < 4.78 is 1.72. The van der Waals surface area contributed by atoms with Crippen LogP contribution in [-0.4, -0.2) is 14.8 Å². The first-order valence-corrected chi connectivity index (χ1v) is 4.85. The SMILES string of the molecule is CCC(C(N)=S)n1cc(Cl)c(C)n1. The number of hydrogen-bond acceptors (Lipinski definition) is 2. The Balaban J connectivity index is 2.98. The largest absolute Gasteiger partial charge is 0.392 e. The van der Waals surface area contributed by atoms with Crippen molar-refractivity contribution in [1.82, 2.24) is 9.78 Å². The molecule has 3 nitrogen and oxygen atoms in total. The third-order valence-corrected chi connectivity index (χ3v) is 2.53. The number of aromatic nitrogens is 2. The molecule has 1 atom stereocenters. The standard InChI is InChI=1S/C8H12ClN3S/c1-3-7(8(10)13)12-4-6(9)5(2)11-12/h4,7H,3H2,1-2H3,(H2,10,13). The van der Waals surface area contributed by atoms with E-state index in [0.29, 0.717) is 10.0 Å². The second-order valence-corrected chi connectivity index (χ2v) is 3.75. The van der Waals surface area contributed by atoms with Crippen molar-refractivity contribution in [2.45, 2.75) is 26.3 Å². The van der Waals surface area contributed by atoms with Crippen molar-refractivity contribution in [2.75, 3.05) is 0 Å². The van der Waals surface area contributed by atoms with Gasteiger partial charge in [-0.1, -0.05) is 30.7 Å². The third kappa shape index (κ3) is 2.19. The van der Waals surface area contributed by atoms with E-state index in [9.17, 15) is 0 Å². The molecule has 2 N–H and O–H groups in total. The average molecular weight is 218 g/mol.